The van der Waals surface area contributed by atoms with Crippen LogP contribution in [0.2, 0.25) is 0 Å². The molecular weight excluding hydrogens is 202 g/mol. The van der Waals surface area contributed by atoms with Crippen LogP contribution in [0.25, 0.3) is 0 Å². The maximum absolute atomic E-state index is 11.2. The highest BCUT2D eigenvalue weighted by Crippen LogP contribution is 2.16. The first kappa shape index (κ1) is 11.9. The minimum absolute atomic E-state index is 0.152. The third-order valence-electron chi connectivity index (χ3n) is 2.73. The van der Waals surface area contributed by atoms with Gasteiger partial charge in [0.1, 0.15) is 0 Å². The quantitative estimate of drug-likeness (QED) is 0.719. The molecule has 14 heavy (non-hydrogen) atoms. The Morgan fingerprint density at radius 2 is 2.21 bits per heavy atom. The van der Waals surface area contributed by atoms with Gasteiger partial charge in [0, 0.05) is 12.6 Å². The summed E-state index contributed by atoms with van der Waals surface area (Å²) in [6.45, 7) is 2.51. The molecule has 0 aromatic carbocycles. The van der Waals surface area contributed by atoms with Crippen LogP contribution in [0.1, 0.15) is 19.8 Å². The maximum Gasteiger partial charge on any atom is 0.151 e. The van der Waals surface area contributed by atoms with Gasteiger partial charge in [0.05, 0.1) is 17.6 Å². The van der Waals surface area contributed by atoms with Crippen LogP contribution in [0, 0.1) is 0 Å². The second kappa shape index (κ2) is 4.59. The molecule has 5 heteroatoms. The molecule has 1 aliphatic heterocycles. The lowest BCUT2D eigenvalue weighted by Crippen LogP contribution is -2.34. The van der Waals surface area contributed by atoms with Crippen molar-refractivity contribution in [1.29, 1.82) is 0 Å². The van der Waals surface area contributed by atoms with E-state index in [2.05, 4.69) is 0 Å². The van der Waals surface area contributed by atoms with Crippen LogP contribution >= 0.6 is 0 Å². The molecule has 0 radical (unpaired) electrons. The summed E-state index contributed by atoms with van der Waals surface area (Å²) in [6, 6.07) is 0.152. The van der Waals surface area contributed by atoms with Gasteiger partial charge in [0.15, 0.2) is 9.84 Å². The number of hydrogen-bond donors (Lipinski definition) is 1. The molecule has 0 aromatic rings. The monoisotopic (exact) mass is 221 g/mol. The molecule has 0 aromatic heterocycles. The smallest absolute Gasteiger partial charge is 0.151 e. The lowest BCUT2D eigenvalue weighted by molar-refractivity contribution is 0.153. The molecule has 2 unspecified atom stereocenters. The fourth-order valence-electron chi connectivity index (χ4n) is 1.70. The largest absolute Gasteiger partial charge is 0.393 e. The molecular formula is C9H19NO3S. The van der Waals surface area contributed by atoms with Crippen LogP contribution in [0.5, 0.6) is 0 Å². The molecule has 0 saturated carbocycles. The summed E-state index contributed by atoms with van der Waals surface area (Å²) in [4.78, 5) is 2.04. The van der Waals surface area contributed by atoms with Gasteiger partial charge in [-0.3, -0.25) is 0 Å². The molecule has 84 valence electrons. The average Bonchev–Trinajstić information content (AvgIpc) is 2.41. The normalized spacial score (nSPS) is 28.1. The molecule has 0 spiro atoms. The molecule has 2 atom stereocenters. The molecule has 1 fully saturated rings. The number of nitrogens with zero attached hydrogens (tertiary/aromatic N) is 1. The van der Waals surface area contributed by atoms with Crippen molar-refractivity contribution in [2.45, 2.75) is 31.9 Å². The Hall–Kier alpha value is -0.130. The van der Waals surface area contributed by atoms with Gasteiger partial charge >= 0.3 is 0 Å². The maximum atomic E-state index is 11.2. The first-order valence-corrected chi connectivity index (χ1v) is 6.81. The highest BCUT2D eigenvalue weighted by Gasteiger charge is 2.30. The van der Waals surface area contributed by atoms with Crippen LogP contribution < -0.4 is 0 Å². The van der Waals surface area contributed by atoms with Crippen molar-refractivity contribution in [1.82, 2.24) is 4.90 Å². The lowest BCUT2D eigenvalue weighted by Gasteiger charge is -2.23. The summed E-state index contributed by atoms with van der Waals surface area (Å²) in [5, 5.41) is 9.10. The first-order valence-electron chi connectivity index (χ1n) is 4.99. The van der Waals surface area contributed by atoms with Crippen LogP contribution in [-0.4, -0.2) is 55.7 Å². The van der Waals surface area contributed by atoms with Gasteiger partial charge in [0.2, 0.25) is 0 Å². The highest BCUT2D eigenvalue weighted by atomic mass is 32.2. The molecule has 1 heterocycles. The summed E-state index contributed by atoms with van der Waals surface area (Å²) in [7, 11) is -0.859. The van der Waals surface area contributed by atoms with Crippen molar-refractivity contribution < 1.29 is 13.5 Å². The predicted molar refractivity (Wildman–Crippen MR) is 56.0 cm³/mol. The van der Waals surface area contributed by atoms with Gasteiger partial charge in [-0.15, -0.1) is 0 Å². The number of aliphatic hydroxyl groups is 1. The molecule has 0 aliphatic carbocycles. The van der Waals surface area contributed by atoms with Crippen molar-refractivity contribution in [3.05, 3.63) is 0 Å². The zero-order valence-corrected chi connectivity index (χ0v) is 9.63. The van der Waals surface area contributed by atoms with E-state index in [0.29, 0.717) is 12.2 Å². The summed E-state index contributed by atoms with van der Waals surface area (Å²) < 4.78 is 22.4. The Kier molecular flexibility index (Phi) is 3.92. The van der Waals surface area contributed by atoms with Crippen molar-refractivity contribution in [3.8, 4) is 0 Å². The van der Waals surface area contributed by atoms with E-state index in [4.69, 9.17) is 5.11 Å². The molecule has 0 bridgehead atoms. The van der Waals surface area contributed by atoms with E-state index in [0.717, 1.165) is 13.0 Å². The Morgan fingerprint density at radius 1 is 1.57 bits per heavy atom. The number of hydrogen-bond acceptors (Lipinski definition) is 4. The molecule has 1 saturated heterocycles. The van der Waals surface area contributed by atoms with Gasteiger partial charge in [0.25, 0.3) is 0 Å². The van der Waals surface area contributed by atoms with Crippen molar-refractivity contribution in [2.24, 2.45) is 0 Å². The molecule has 0 amide bonds. The van der Waals surface area contributed by atoms with Gasteiger partial charge in [-0.05, 0) is 26.8 Å². The van der Waals surface area contributed by atoms with E-state index in [1.54, 1.807) is 6.92 Å². The zero-order valence-electron chi connectivity index (χ0n) is 8.81. The van der Waals surface area contributed by atoms with E-state index in [9.17, 15) is 8.42 Å². The Labute approximate surface area is 85.8 Å². The molecule has 4 nitrogen and oxygen atoms in total. The van der Waals surface area contributed by atoms with Crippen molar-refractivity contribution in [2.75, 3.05) is 25.1 Å². The molecule has 1 rings (SSSR count). The minimum atomic E-state index is -2.78. The summed E-state index contributed by atoms with van der Waals surface area (Å²) in [5.41, 5.74) is 0. The fraction of sp³-hybridized carbons (Fsp3) is 1.00. The fourth-order valence-corrected chi connectivity index (χ4v) is 3.50. The molecule has 1 aliphatic rings. The van der Waals surface area contributed by atoms with E-state index in [1.807, 2.05) is 11.9 Å². The third-order valence-corrected chi connectivity index (χ3v) is 4.48. The topological polar surface area (TPSA) is 57.6 Å². The lowest BCUT2D eigenvalue weighted by atomic mass is 10.2. The highest BCUT2D eigenvalue weighted by molar-refractivity contribution is 7.91. The van der Waals surface area contributed by atoms with Gasteiger partial charge < -0.3 is 10.0 Å². The van der Waals surface area contributed by atoms with Gasteiger partial charge in [-0.25, -0.2) is 8.42 Å². The van der Waals surface area contributed by atoms with E-state index < -0.39 is 9.84 Å². The third kappa shape index (κ3) is 3.55. The van der Waals surface area contributed by atoms with Crippen LogP contribution in [-0.2, 0) is 9.84 Å². The summed E-state index contributed by atoms with van der Waals surface area (Å²) in [6.07, 6.45) is 1.13. The van der Waals surface area contributed by atoms with Crippen molar-refractivity contribution >= 4 is 9.84 Å². The van der Waals surface area contributed by atoms with E-state index >= 15 is 0 Å². The zero-order chi connectivity index (χ0) is 10.8. The number of aliphatic hydroxyl groups excluding tert-OH is 1. The van der Waals surface area contributed by atoms with E-state index in [-0.39, 0.29) is 17.9 Å². The SMILES string of the molecule is CC(O)CCN(C)C1CCS(=O)(=O)C1. The first-order chi connectivity index (χ1) is 6.41. The predicted octanol–water partition coefficient (Wildman–Crippen LogP) is -0.124. The standard InChI is InChI=1S/C9H19NO3S/c1-8(11)3-5-10(2)9-4-6-14(12,13)7-9/h8-9,11H,3-7H2,1-2H3. The second-order valence-electron chi connectivity index (χ2n) is 4.18. The second-order valence-corrected chi connectivity index (χ2v) is 6.40. The van der Waals surface area contributed by atoms with Crippen LogP contribution in [0.4, 0.5) is 0 Å². The van der Waals surface area contributed by atoms with Crippen LogP contribution in [0.3, 0.4) is 0 Å². The number of sulfone groups is 1. The average molecular weight is 221 g/mol. The summed E-state index contributed by atoms with van der Waals surface area (Å²) in [5.74, 6) is 0.597. The number of rotatable bonds is 4. The van der Waals surface area contributed by atoms with Crippen LogP contribution in [0.15, 0.2) is 0 Å². The van der Waals surface area contributed by atoms with E-state index in [1.165, 1.54) is 0 Å². The van der Waals surface area contributed by atoms with Crippen molar-refractivity contribution in [3.63, 3.8) is 0 Å². The Balaban J connectivity index is 2.36. The molecule has 1 N–H and O–H groups in total. The summed E-state index contributed by atoms with van der Waals surface area (Å²) >= 11 is 0. The Morgan fingerprint density at radius 3 is 2.64 bits per heavy atom. The van der Waals surface area contributed by atoms with Gasteiger partial charge in [-0.1, -0.05) is 0 Å². The van der Waals surface area contributed by atoms with Gasteiger partial charge in [-0.2, -0.15) is 0 Å². The Bertz CT molecular complexity index is 274. The minimum Gasteiger partial charge on any atom is -0.393 e.